The Hall–Kier alpha value is -2.39. The largest absolute Gasteiger partial charge is 0.444 e. The van der Waals surface area contributed by atoms with Crippen molar-refractivity contribution in [1.29, 1.82) is 0 Å². The highest BCUT2D eigenvalue weighted by Crippen LogP contribution is 2.33. The first-order valence-electron chi connectivity index (χ1n) is 8.74. The van der Waals surface area contributed by atoms with E-state index in [0.29, 0.717) is 13.0 Å². The van der Waals surface area contributed by atoms with Crippen LogP contribution in [0.4, 0.5) is 4.79 Å². The average molecular weight is 392 g/mol. The first kappa shape index (κ1) is 19.4. The summed E-state index contributed by atoms with van der Waals surface area (Å²) in [7, 11) is -3.61. The Labute approximate surface area is 158 Å². The van der Waals surface area contributed by atoms with E-state index in [1.54, 1.807) is 0 Å². The van der Waals surface area contributed by atoms with Crippen LogP contribution in [0, 0.1) is 0 Å². The molecule has 0 spiro atoms. The van der Waals surface area contributed by atoms with Gasteiger partial charge in [0.05, 0.1) is 6.20 Å². The number of rotatable bonds is 5. The highest BCUT2D eigenvalue weighted by atomic mass is 32.2. The standard InChI is InChI=1S/C18H24N4O4S/c1-18(2,3)26-17(23)19-9-12-4-6-15-13(8-12)5-7-16(15)22-27(24,25)14-10-20-21-11-14/h4,6,8,10-11,16,22H,5,7,9H2,1-3H3,(H,19,23)(H,20,21). The predicted molar refractivity (Wildman–Crippen MR) is 99.5 cm³/mol. The molecule has 1 heterocycles. The fourth-order valence-electron chi connectivity index (χ4n) is 3.03. The number of carbonyl (C=O) groups excluding carboxylic acids is 1. The summed E-state index contributed by atoms with van der Waals surface area (Å²) in [6.07, 6.45) is 3.63. The van der Waals surface area contributed by atoms with E-state index in [2.05, 4.69) is 20.2 Å². The van der Waals surface area contributed by atoms with Crippen molar-refractivity contribution in [2.45, 2.75) is 56.7 Å². The Morgan fingerprint density at radius 3 is 2.81 bits per heavy atom. The van der Waals surface area contributed by atoms with Crippen molar-refractivity contribution in [3.05, 3.63) is 47.3 Å². The number of alkyl carbamates (subject to hydrolysis) is 1. The molecule has 0 radical (unpaired) electrons. The topological polar surface area (TPSA) is 113 Å². The van der Waals surface area contributed by atoms with Crippen LogP contribution >= 0.6 is 0 Å². The molecule has 146 valence electrons. The number of H-pyrrole nitrogens is 1. The zero-order chi connectivity index (χ0) is 19.7. The van der Waals surface area contributed by atoms with Crippen LogP contribution in [-0.4, -0.2) is 30.3 Å². The summed E-state index contributed by atoms with van der Waals surface area (Å²) >= 11 is 0. The number of nitrogens with one attached hydrogen (secondary N) is 3. The van der Waals surface area contributed by atoms with Gasteiger partial charge in [-0.1, -0.05) is 18.2 Å². The molecule has 0 fully saturated rings. The molecule has 0 bridgehead atoms. The van der Waals surface area contributed by atoms with E-state index in [9.17, 15) is 13.2 Å². The summed E-state index contributed by atoms with van der Waals surface area (Å²) in [6.45, 7) is 5.79. The smallest absolute Gasteiger partial charge is 0.407 e. The number of aromatic amines is 1. The maximum Gasteiger partial charge on any atom is 0.407 e. The molecule has 27 heavy (non-hydrogen) atoms. The number of carbonyl (C=O) groups is 1. The molecule has 8 nitrogen and oxygen atoms in total. The number of nitrogens with zero attached hydrogens (tertiary/aromatic N) is 1. The molecular weight excluding hydrogens is 368 g/mol. The quantitative estimate of drug-likeness (QED) is 0.723. The zero-order valence-electron chi connectivity index (χ0n) is 15.6. The number of hydrogen-bond donors (Lipinski definition) is 3. The monoisotopic (exact) mass is 392 g/mol. The number of aromatic nitrogens is 2. The van der Waals surface area contributed by atoms with Crippen LogP contribution in [0.15, 0.2) is 35.5 Å². The third-order valence-electron chi connectivity index (χ3n) is 4.20. The fraction of sp³-hybridized carbons (Fsp3) is 0.444. The van der Waals surface area contributed by atoms with Crippen LogP contribution in [0.5, 0.6) is 0 Å². The van der Waals surface area contributed by atoms with Crippen molar-refractivity contribution in [2.24, 2.45) is 0 Å². The van der Waals surface area contributed by atoms with E-state index >= 15 is 0 Å². The number of aryl methyl sites for hydroxylation is 1. The summed E-state index contributed by atoms with van der Waals surface area (Å²) in [5.41, 5.74) is 2.45. The van der Waals surface area contributed by atoms with E-state index < -0.39 is 21.7 Å². The highest BCUT2D eigenvalue weighted by molar-refractivity contribution is 7.89. The van der Waals surface area contributed by atoms with Gasteiger partial charge in [0.15, 0.2) is 0 Å². The van der Waals surface area contributed by atoms with Crippen LogP contribution < -0.4 is 10.0 Å². The van der Waals surface area contributed by atoms with Gasteiger partial charge < -0.3 is 10.1 Å². The molecule has 0 saturated heterocycles. The number of hydrogen-bond acceptors (Lipinski definition) is 5. The van der Waals surface area contributed by atoms with Crippen LogP contribution in [0.2, 0.25) is 0 Å². The van der Waals surface area contributed by atoms with E-state index in [1.807, 2.05) is 39.0 Å². The molecule has 3 rings (SSSR count). The fourth-order valence-corrected chi connectivity index (χ4v) is 4.19. The van der Waals surface area contributed by atoms with Crippen molar-refractivity contribution in [1.82, 2.24) is 20.2 Å². The minimum atomic E-state index is -3.61. The zero-order valence-corrected chi connectivity index (χ0v) is 16.4. The first-order chi connectivity index (χ1) is 12.6. The number of fused-ring (bicyclic) bond motifs is 1. The van der Waals surface area contributed by atoms with E-state index in [-0.39, 0.29) is 10.9 Å². The Morgan fingerprint density at radius 1 is 1.37 bits per heavy atom. The molecule has 0 aliphatic heterocycles. The minimum Gasteiger partial charge on any atom is -0.444 e. The molecule has 1 aliphatic rings. The number of sulfonamides is 1. The highest BCUT2D eigenvalue weighted by Gasteiger charge is 2.28. The van der Waals surface area contributed by atoms with Gasteiger partial charge >= 0.3 is 6.09 Å². The Kier molecular flexibility index (Phi) is 5.25. The minimum absolute atomic E-state index is 0.120. The van der Waals surface area contributed by atoms with Gasteiger partial charge in [0, 0.05) is 18.8 Å². The Balaban J connectivity index is 1.64. The first-order valence-corrected chi connectivity index (χ1v) is 10.2. The van der Waals surface area contributed by atoms with Gasteiger partial charge in [0.25, 0.3) is 0 Å². The molecule has 2 aromatic rings. The lowest BCUT2D eigenvalue weighted by molar-refractivity contribution is 0.0523. The van der Waals surface area contributed by atoms with Crippen molar-refractivity contribution in [3.8, 4) is 0 Å². The summed E-state index contributed by atoms with van der Waals surface area (Å²) < 4.78 is 32.7. The van der Waals surface area contributed by atoms with Gasteiger partial charge in [0.2, 0.25) is 10.0 Å². The molecule has 9 heteroatoms. The molecule has 1 aromatic carbocycles. The molecule has 1 aliphatic carbocycles. The maximum absolute atomic E-state index is 12.4. The van der Waals surface area contributed by atoms with Crippen LogP contribution in [-0.2, 0) is 27.7 Å². The molecule has 1 amide bonds. The lowest BCUT2D eigenvalue weighted by Crippen LogP contribution is -2.32. The van der Waals surface area contributed by atoms with Gasteiger partial charge in [0.1, 0.15) is 10.5 Å². The Morgan fingerprint density at radius 2 is 2.15 bits per heavy atom. The summed E-state index contributed by atoms with van der Waals surface area (Å²) in [6, 6.07) is 5.53. The van der Waals surface area contributed by atoms with Crippen molar-refractivity contribution in [2.75, 3.05) is 0 Å². The van der Waals surface area contributed by atoms with Gasteiger partial charge in [-0.3, -0.25) is 5.10 Å². The van der Waals surface area contributed by atoms with Crippen molar-refractivity contribution < 1.29 is 17.9 Å². The third-order valence-corrected chi connectivity index (χ3v) is 5.64. The van der Waals surface area contributed by atoms with E-state index in [0.717, 1.165) is 23.1 Å². The van der Waals surface area contributed by atoms with Crippen molar-refractivity contribution in [3.63, 3.8) is 0 Å². The Bertz CT molecular complexity index is 917. The summed E-state index contributed by atoms with van der Waals surface area (Å²) in [5.74, 6) is 0. The number of amides is 1. The van der Waals surface area contributed by atoms with Gasteiger partial charge in [-0.15, -0.1) is 0 Å². The van der Waals surface area contributed by atoms with Crippen LogP contribution in [0.1, 0.15) is 49.9 Å². The molecule has 3 N–H and O–H groups in total. The second kappa shape index (κ2) is 7.32. The van der Waals surface area contributed by atoms with Gasteiger partial charge in [-0.05, 0) is 50.3 Å². The molecule has 1 unspecified atom stereocenters. The lowest BCUT2D eigenvalue weighted by atomic mass is 10.1. The lowest BCUT2D eigenvalue weighted by Gasteiger charge is -2.19. The number of ether oxygens (including phenoxy) is 1. The van der Waals surface area contributed by atoms with E-state index in [1.165, 1.54) is 12.4 Å². The summed E-state index contributed by atoms with van der Waals surface area (Å²) in [4.78, 5) is 11.9. The molecule has 1 atom stereocenters. The van der Waals surface area contributed by atoms with Crippen LogP contribution in [0.25, 0.3) is 0 Å². The molecular formula is C18H24N4O4S. The summed E-state index contributed by atoms with van der Waals surface area (Å²) in [5, 5.41) is 8.93. The maximum atomic E-state index is 12.4. The predicted octanol–water partition coefficient (Wildman–Crippen LogP) is 2.40. The van der Waals surface area contributed by atoms with E-state index in [4.69, 9.17) is 4.74 Å². The van der Waals surface area contributed by atoms with Crippen molar-refractivity contribution >= 4 is 16.1 Å². The SMILES string of the molecule is CC(C)(C)OC(=O)NCc1ccc2c(c1)CCC2NS(=O)(=O)c1cn[nH]c1. The van der Waals surface area contributed by atoms with Gasteiger partial charge in [-0.2, -0.15) is 5.10 Å². The number of benzene rings is 1. The third kappa shape index (κ3) is 4.86. The molecule has 1 aromatic heterocycles. The van der Waals surface area contributed by atoms with Gasteiger partial charge in [-0.25, -0.2) is 17.9 Å². The normalized spacial score (nSPS) is 16.8. The molecule has 0 saturated carbocycles. The second-order valence-electron chi connectivity index (χ2n) is 7.54. The van der Waals surface area contributed by atoms with Crippen LogP contribution in [0.3, 0.4) is 0 Å². The average Bonchev–Trinajstić information content (AvgIpc) is 3.21. The second-order valence-corrected chi connectivity index (χ2v) is 9.25.